The summed E-state index contributed by atoms with van der Waals surface area (Å²) >= 11 is 5.93. The Labute approximate surface area is 144 Å². The van der Waals surface area contributed by atoms with E-state index in [0.29, 0.717) is 13.0 Å². The number of aryl methyl sites for hydroxylation is 1. The first-order valence-electron chi connectivity index (χ1n) is 7.59. The Hall–Kier alpha value is -2.40. The Bertz CT molecular complexity index is 792. The van der Waals surface area contributed by atoms with Gasteiger partial charge >= 0.3 is 0 Å². The second-order valence-electron chi connectivity index (χ2n) is 5.76. The molecule has 1 fully saturated rings. The van der Waals surface area contributed by atoms with Gasteiger partial charge in [0.05, 0.1) is 10.6 Å². The number of hydrogen-bond acceptors (Lipinski definition) is 2. The average molecular weight is 347 g/mol. The van der Waals surface area contributed by atoms with E-state index in [0.717, 1.165) is 17.3 Å². The zero-order valence-corrected chi connectivity index (χ0v) is 13.8. The third-order valence-electron chi connectivity index (χ3n) is 4.03. The molecule has 0 aromatic heterocycles. The predicted octanol–water partition coefficient (Wildman–Crippen LogP) is 3.32. The van der Waals surface area contributed by atoms with Gasteiger partial charge in [0, 0.05) is 12.2 Å². The van der Waals surface area contributed by atoms with Crippen molar-refractivity contribution in [2.75, 3.05) is 11.4 Å². The van der Waals surface area contributed by atoms with Crippen LogP contribution in [-0.4, -0.2) is 24.4 Å². The van der Waals surface area contributed by atoms with E-state index < -0.39 is 17.8 Å². The minimum atomic E-state index is -0.641. The zero-order chi connectivity index (χ0) is 17.3. The molecule has 1 saturated heterocycles. The second kappa shape index (κ2) is 6.61. The predicted molar refractivity (Wildman–Crippen MR) is 90.8 cm³/mol. The normalized spacial score (nSPS) is 17.2. The van der Waals surface area contributed by atoms with Gasteiger partial charge in [-0.25, -0.2) is 4.39 Å². The molecular weight excluding hydrogens is 331 g/mol. The molecule has 0 saturated carbocycles. The molecule has 2 aromatic rings. The Morgan fingerprint density at radius 3 is 2.67 bits per heavy atom. The summed E-state index contributed by atoms with van der Waals surface area (Å²) in [7, 11) is 0. The number of nitrogens with one attached hydrogen (secondary N) is 1. The zero-order valence-electron chi connectivity index (χ0n) is 13.1. The maximum atomic E-state index is 13.3. The van der Waals surface area contributed by atoms with E-state index in [4.69, 9.17) is 11.6 Å². The van der Waals surface area contributed by atoms with Crippen molar-refractivity contribution in [3.63, 3.8) is 0 Å². The third-order valence-corrected chi connectivity index (χ3v) is 4.36. The maximum Gasteiger partial charge on any atom is 0.253 e. The highest BCUT2D eigenvalue weighted by Gasteiger charge is 2.34. The molecule has 1 aliphatic rings. The van der Waals surface area contributed by atoms with E-state index in [1.165, 1.54) is 12.1 Å². The molecule has 0 spiro atoms. The van der Waals surface area contributed by atoms with Crippen molar-refractivity contribution in [2.45, 2.75) is 19.4 Å². The Kier molecular flexibility index (Phi) is 4.53. The summed E-state index contributed by atoms with van der Waals surface area (Å²) in [4.78, 5) is 26.4. The van der Waals surface area contributed by atoms with Gasteiger partial charge in [-0.05, 0) is 43.7 Å². The minimum absolute atomic E-state index is 0.0262. The standard InChI is InChI=1S/C18H16ClFN2O2/c1-11-2-5-13(6-3-11)22-9-8-16(18(22)24)21-17(23)14-10-12(20)4-7-15(14)19/h2-7,10,16H,8-9H2,1H3,(H,21,23)/t16-/m1/s1. The number of carbonyl (C=O) groups excluding carboxylic acids is 2. The summed E-state index contributed by atoms with van der Waals surface area (Å²) in [6, 6.07) is 10.5. The van der Waals surface area contributed by atoms with Crippen molar-refractivity contribution in [3.8, 4) is 0 Å². The van der Waals surface area contributed by atoms with Crippen LogP contribution in [0.15, 0.2) is 42.5 Å². The lowest BCUT2D eigenvalue weighted by Crippen LogP contribution is -2.41. The van der Waals surface area contributed by atoms with Crippen molar-refractivity contribution in [1.82, 2.24) is 5.32 Å². The number of benzene rings is 2. The van der Waals surface area contributed by atoms with Crippen LogP contribution < -0.4 is 10.2 Å². The molecule has 4 nitrogen and oxygen atoms in total. The molecule has 124 valence electrons. The van der Waals surface area contributed by atoms with E-state index in [2.05, 4.69) is 5.32 Å². The fourth-order valence-corrected chi connectivity index (χ4v) is 2.91. The van der Waals surface area contributed by atoms with Gasteiger partial charge in [0.1, 0.15) is 11.9 Å². The van der Waals surface area contributed by atoms with Crippen LogP contribution in [0, 0.1) is 12.7 Å². The van der Waals surface area contributed by atoms with Crippen LogP contribution in [0.3, 0.4) is 0 Å². The van der Waals surface area contributed by atoms with Crippen LogP contribution in [0.25, 0.3) is 0 Å². The lowest BCUT2D eigenvalue weighted by molar-refractivity contribution is -0.118. The van der Waals surface area contributed by atoms with Gasteiger partial charge in [0.25, 0.3) is 5.91 Å². The number of amides is 2. The van der Waals surface area contributed by atoms with E-state index in [1.54, 1.807) is 4.90 Å². The molecule has 2 aromatic carbocycles. The molecule has 0 aliphatic carbocycles. The molecule has 1 N–H and O–H groups in total. The summed E-state index contributed by atoms with van der Waals surface area (Å²) in [5.41, 5.74) is 1.93. The Morgan fingerprint density at radius 1 is 1.25 bits per heavy atom. The van der Waals surface area contributed by atoms with Gasteiger partial charge in [0.2, 0.25) is 5.91 Å². The summed E-state index contributed by atoms with van der Waals surface area (Å²) in [5, 5.41) is 2.79. The van der Waals surface area contributed by atoms with Gasteiger partial charge in [-0.15, -0.1) is 0 Å². The van der Waals surface area contributed by atoms with Crippen molar-refractivity contribution < 1.29 is 14.0 Å². The van der Waals surface area contributed by atoms with E-state index in [-0.39, 0.29) is 16.5 Å². The third kappa shape index (κ3) is 3.26. The van der Waals surface area contributed by atoms with E-state index in [1.807, 2.05) is 31.2 Å². The number of carbonyl (C=O) groups is 2. The van der Waals surface area contributed by atoms with Crippen LogP contribution >= 0.6 is 11.6 Å². The maximum absolute atomic E-state index is 13.3. The smallest absolute Gasteiger partial charge is 0.253 e. The lowest BCUT2D eigenvalue weighted by Gasteiger charge is -2.17. The van der Waals surface area contributed by atoms with Gasteiger partial charge in [-0.3, -0.25) is 9.59 Å². The van der Waals surface area contributed by atoms with Crippen LogP contribution in [0.2, 0.25) is 5.02 Å². The van der Waals surface area contributed by atoms with Crippen molar-refractivity contribution in [3.05, 3.63) is 64.4 Å². The Morgan fingerprint density at radius 2 is 1.96 bits per heavy atom. The average Bonchev–Trinajstić information content (AvgIpc) is 2.91. The highest BCUT2D eigenvalue weighted by molar-refractivity contribution is 6.33. The molecule has 1 aliphatic heterocycles. The number of rotatable bonds is 3. The van der Waals surface area contributed by atoms with Gasteiger partial charge in [-0.1, -0.05) is 29.3 Å². The Balaban J connectivity index is 1.72. The van der Waals surface area contributed by atoms with Crippen LogP contribution in [0.4, 0.5) is 10.1 Å². The first-order valence-corrected chi connectivity index (χ1v) is 7.97. The van der Waals surface area contributed by atoms with E-state index >= 15 is 0 Å². The second-order valence-corrected chi connectivity index (χ2v) is 6.17. The lowest BCUT2D eigenvalue weighted by atomic mass is 10.1. The van der Waals surface area contributed by atoms with Crippen molar-refractivity contribution in [2.24, 2.45) is 0 Å². The topological polar surface area (TPSA) is 49.4 Å². The highest BCUT2D eigenvalue weighted by atomic mass is 35.5. The molecule has 3 rings (SSSR count). The highest BCUT2D eigenvalue weighted by Crippen LogP contribution is 2.23. The van der Waals surface area contributed by atoms with Crippen LogP contribution in [-0.2, 0) is 4.79 Å². The fraction of sp³-hybridized carbons (Fsp3) is 0.222. The molecule has 0 bridgehead atoms. The summed E-state index contributed by atoms with van der Waals surface area (Å²) in [6.45, 7) is 2.49. The summed E-state index contributed by atoms with van der Waals surface area (Å²) in [5.74, 6) is -1.29. The molecule has 6 heteroatoms. The SMILES string of the molecule is Cc1ccc(N2CC[C@@H](NC(=O)c3cc(F)ccc3Cl)C2=O)cc1. The number of halogens is 2. The van der Waals surface area contributed by atoms with Crippen LogP contribution in [0.1, 0.15) is 22.3 Å². The summed E-state index contributed by atoms with van der Waals surface area (Å²) < 4.78 is 13.3. The monoisotopic (exact) mass is 346 g/mol. The molecule has 1 atom stereocenters. The number of hydrogen-bond donors (Lipinski definition) is 1. The molecular formula is C18H16ClFN2O2. The van der Waals surface area contributed by atoms with Crippen molar-refractivity contribution >= 4 is 29.1 Å². The molecule has 0 unspecified atom stereocenters. The molecule has 0 radical (unpaired) electrons. The quantitative estimate of drug-likeness (QED) is 0.926. The number of nitrogens with zero attached hydrogens (tertiary/aromatic N) is 1. The largest absolute Gasteiger partial charge is 0.340 e. The van der Waals surface area contributed by atoms with Gasteiger partial charge in [-0.2, -0.15) is 0 Å². The number of anilines is 1. The van der Waals surface area contributed by atoms with Crippen LogP contribution in [0.5, 0.6) is 0 Å². The van der Waals surface area contributed by atoms with Crippen molar-refractivity contribution in [1.29, 1.82) is 0 Å². The van der Waals surface area contributed by atoms with Gasteiger partial charge < -0.3 is 10.2 Å². The minimum Gasteiger partial charge on any atom is -0.340 e. The first kappa shape index (κ1) is 16.5. The summed E-state index contributed by atoms with van der Waals surface area (Å²) in [6.07, 6.45) is 0.491. The molecule has 24 heavy (non-hydrogen) atoms. The molecule has 1 heterocycles. The fourth-order valence-electron chi connectivity index (χ4n) is 2.70. The van der Waals surface area contributed by atoms with Gasteiger partial charge in [0.15, 0.2) is 0 Å². The molecule has 2 amide bonds. The first-order chi connectivity index (χ1) is 11.5. The van der Waals surface area contributed by atoms with E-state index in [9.17, 15) is 14.0 Å².